The van der Waals surface area contributed by atoms with E-state index in [1.165, 1.54) is 0 Å². The fraction of sp³-hybridized carbons (Fsp3) is 0.727. The summed E-state index contributed by atoms with van der Waals surface area (Å²) in [6.45, 7) is 3.83. The third-order valence-corrected chi connectivity index (χ3v) is 4.86. The Morgan fingerprint density at radius 1 is 1.07 bits per heavy atom. The molecule has 0 amide bonds. The van der Waals surface area contributed by atoms with Gasteiger partial charge in [0.1, 0.15) is 19.3 Å². The normalized spacial score (nSPS) is 14.5. The number of quaternary nitrogens is 1. The zero-order chi connectivity index (χ0) is 23.2. The Hall–Kier alpha value is -1.43. The molecule has 0 radical (unpaired) electrons. The fourth-order valence-electron chi connectivity index (χ4n) is 1.14. The number of esters is 1. The third kappa shape index (κ3) is 11.4. The molecule has 0 spiro atoms. The van der Waals surface area contributed by atoms with Crippen molar-refractivity contribution in [3.8, 4) is 0 Å². The first-order valence-electron chi connectivity index (χ1n) is 6.70. The van der Waals surface area contributed by atoms with Crippen molar-refractivity contribution in [3.63, 3.8) is 0 Å². The van der Waals surface area contributed by atoms with E-state index < -0.39 is 43.1 Å². The third-order valence-electron chi connectivity index (χ3n) is 2.12. The highest BCUT2D eigenvalue weighted by Gasteiger charge is 2.46. The predicted octanol–water partition coefficient (Wildman–Crippen LogP) is 0.842. The molecule has 0 rings (SSSR count). The lowest BCUT2D eigenvalue weighted by molar-refractivity contribution is -0.873. The van der Waals surface area contributed by atoms with Crippen molar-refractivity contribution in [1.82, 2.24) is 0 Å². The molecule has 9 nitrogen and oxygen atoms in total. The first kappa shape index (κ1) is 28.8. The highest BCUT2D eigenvalue weighted by Crippen LogP contribution is 2.36. The number of carbonyl (C=O) groups excluding carboxylic acids is 1. The molecule has 1 unspecified atom stereocenters. The Bertz CT molecular complexity index is 697. The van der Waals surface area contributed by atoms with Crippen molar-refractivity contribution < 1.29 is 62.3 Å². The van der Waals surface area contributed by atoms with Crippen molar-refractivity contribution >= 4 is 26.0 Å². The van der Waals surface area contributed by atoms with E-state index in [2.05, 4.69) is 11.3 Å². The molecule has 0 heterocycles. The average Bonchev–Trinajstić information content (AvgIpc) is 2.40. The van der Waals surface area contributed by atoms with Gasteiger partial charge < -0.3 is 18.5 Å². The van der Waals surface area contributed by atoms with E-state index in [4.69, 9.17) is 0 Å². The van der Waals surface area contributed by atoms with Gasteiger partial charge >= 0.3 is 17.0 Å². The molecule has 0 saturated heterocycles. The topological polar surface area (TPSA) is 129 Å². The molecule has 28 heavy (non-hydrogen) atoms. The molecule has 0 fully saturated rings. The van der Waals surface area contributed by atoms with Gasteiger partial charge in [-0.05, 0) is 0 Å². The van der Waals surface area contributed by atoms with Crippen LogP contribution >= 0.6 is 0 Å². The molecule has 0 aromatic heterocycles. The minimum Gasteiger partial charge on any atom is -0.460 e. The summed E-state index contributed by atoms with van der Waals surface area (Å²) in [7, 11) is -7.57. The Balaban J connectivity index is 0. The molecule has 0 aromatic rings. The second-order valence-corrected chi connectivity index (χ2v) is 9.30. The molecule has 0 aliphatic heterocycles. The zero-order valence-electron chi connectivity index (χ0n) is 14.7. The van der Waals surface area contributed by atoms with Gasteiger partial charge in [-0.1, -0.05) is 6.58 Å². The first-order chi connectivity index (χ1) is 12.1. The fourth-order valence-corrected chi connectivity index (χ4v) is 2.85. The highest BCUT2D eigenvalue weighted by molar-refractivity contribution is 8.13. The van der Waals surface area contributed by atoms with Gasteiger partial charge in [0, 0.05) is 6.08 Å². The smallest absolute Gasteiger partial charge is 0.460 e. The lowest BCUT2D eigenvalue weighted by atomic mass is 10.3. The van der Waals surface area contributed by atoms with Gasteiger partial charge in [-0.15, -0.1) is 0 Å². The molecule has 0 bridgehead atoms. The monoisotopic (exact) mass is 468 g/mol. The molecule has 168 valence electrons. The summed E-state index contributed by atoms with van der Waals surface area (Å²) in [4.78, 5) is 10.6. The van der Waals surface area contributed by atoms with Gasteiger partial charge in [0.2, 0.25) is 0 Å². The number of likely N-dealkylation sites (N-methyl/N-ethyl adjacent to an activating group) is 1. The quantitative estimate of drug-likeness (QED) is 0.254. The minimum atomic E-state index is -6.72. The van der Waals surface area contributed by atoms with Gasteiger partial charge in [0.25, 0.3) is 0 Å². The van der Waals surface area contributed by atoms with Crippen LogP contribution in [-0.4, -0.2) is 83.8 Å². The van der Waals surface area contributed by atoms with E-state index >= 15 is 0 Å². The molecule has 0 saturated carbocycles. The van der Waals surface area contributed by atoms with Crippen LogP contribution in [-0.2, 0) is 29.6 Å². The Kier molecular flexibility index (Phi) is 10.1. The van der Waals surface area contributed by atoms with E-state index in [-0.39, 0.29) is 6.61 Å². The summed E-state index contributed by atoms with van der Waals surface area (Å²) < 4.78 is 114. The number of nitrogens with zero attached hydrogens (tertiary/aromatic N) is 2. The largest absolute Gasteiger partial charge is 0.480 e. The molecular formula is C11H18F6N2O7S2. The van der Waals surface area contributed by atoms with Crippen molar-refractivity contribution in [1.29, 1.82) is 0 Å². The lowest BCUT2D eigenvalue weighted by Crippen LogP contribution is -2.43. The predicted molar refractivity (Wildman–Crippen MR) is 83.4 cm³/mol. The number of alkyl halides is 6. The molecule has 1 N–H and O–H groups in total. The summed E-state index contributed by atoms with van der Waals surface area (Å²) in [5.41, 5.74) is -12.4. The number of halogens is 6. The van der Waals surface area contributed by atoms with Crippen LogP contribution in [0.5, 0.6) is 0 Å². The van der Waals surface area contributed by atoms with Gasteiger partial charge in [-0.3, -0.25) is 0 Å². The number of aliphatic hydroxyl groups is 1. The van der Waals surface area contributed by atoms with Crippen LogP contribution in [0.3, 0.4) is 0 Å². The van der Waals surface area contributed by atoms with Crippen LogP contribution in [0.15, 0.2) is 12.7 Å². The maximum absolute atomic E-state index is 11.4. The number of hydrogen-bond acceptors (Lipinski definition) is 7. The molecule has 0 aromatic carbocycles. The van der Waals surface area contributed by atoms with Gasteiger partial charge in [0.05, 0.1) is 21.1 Å². The summed E-state index contributed by atoms with van der Waals surface area (Å²) in [6.07, 6.45) is 0.461. The van der Waals surface area contributed by atoms with Crippen LogP contribution in [0.1, 0.15) is 0 Å². The standard InChI is InChI=1S/C9H18NO3.C2F6NO4S2/c1-5-9(12)13-7-8(11)6-10(2,3)4;3-1(4,5)14(10,11)9-15(12,13)2(6,7)8/h5,8,11H,1,6-7H2,2-4H3;/q+1;-1. The molecule has 17 heteroatoms. The number of rotatable bonds is 7. The maximum atomic E-state index is 11.4. The van der Waals surface area contributed by atoms with E-state index in [1.54, 1.807) is 0 Å². The molecule has 0 aliphatic carbocycles. The van der Waals surface area contributed by atoms with Gasteiger partial charge in [-0.25, -0.2) is 21.6 Å². The zero-order valence-corrected chi connectivity index (χ0v) is 16.3. The average molecular weight is 468 g/mol. The van der Waals surface area contributed by atoms with Crippen molar-refractivity contribution in [3.05, 3.63) is 16.8 Å². The van der Waals surface area contributed by atoms with Crippen LogP contribution in [0.2, 0.25) is 0 Å². The van der Waals surface area contributed by atoms with E-state index in [0.29, 0.717) is 11.0 Å². The second-order valence-electron chi connectivity index (χ2n) is 5.88. The first-order valence-corrected chi connectivity index (χ1v) is 9.58. The number of aliphatic hydroxyl groups excluding tert-OH is 1. The maximum Gasteiger partial charge on any atom is 0.480 e. The van der Waals surface area contributed by atoms with Gasteiger partial charge in [0.15, 0.2) is 20.0 Å². The Labute approximate surface area is 157 Å². The molecule has 0 aliphatic rings. The second kappa shape index (κ2) is 9.86. The number of hydrogen-bond donors (Lipinski definition) is 1. The summed E-state index contributed by atoms with van der Waals surface area (Å²) in [5.74, 6) is -0.500. The van der Waals surface area contributed by atoms with E-state index in [0.717, 1.165) is 10.2 Å². The SMILES string of the molecule is C=CC(=O)OCC(O)C[N+](C)(C)C.O=S(=O)([N-]S(=O)(=O)C(F)(F)F)C(F)(F)F. The summed E-state index contributed by atoms with van der Waals surface area (Å²) >= 11 is 0. The van der Waals surface area contributed by atoms with Crippen LogP contribution in [0.25, 0.3) is 4.13 Å². The summed E-state index contributed by atoms with van der Waals surface area (Å²) in [6, 6.07) is 0. The highest BCUT2D eigenvalue weighted by atomic mass is 32.3. The van der Waals surface area contributed by atoms with Gasteiger partial charge in [-0.2, -0.15) is 26.3 Å². The number of ether oxygens (including phenoxy) is 1. The Morgan fingerprint density at radius 3 is 1.68 bits per heavy atom. The Morgan fingerprint density at radius 2 is 1.43 bits per heavy atom. The number of sulfonamides is 2. The van der Waals surface area contributed by atoms with Crippen LogP contribution in [0.4, 0.5) is 26.3 Å². The van der Waals surface area contributed by atoms with E-state index in [9.17, 15) is 53.1 Å². The van der Waals surface area contributed by atoms with Crippen molar-refractivity contribution in [2.24, 2.45) is 0 Å². The lowest BCUT2D eigenvalue weighted by Gasteiger charge is -2.26. The minimum absolute atomic E-state index is 0.0281. The molecule has 1 atom stereocenters. The van der Waals surface area contributed by atoms with E-state index in [1.807, 2.05) is 21.1 Å². The van der Waals surface area contributed by atoms with Crippen LogP contribution in [0, 0.1) is 0 Å². The van der Waals surface area contributed by atoms with Crippen molar-refractivity contribution in [2.45, 2.75) is 17.1 Å². The summed E-state index contributed by atoms with van der Waals surface area (Å²) in [5, 5.41) is 9.40. The van der Waals surface area contributed by atoms with Crippen LogP contribution < -0.4 is 0 Å². The van der Waals surface area contributed by atoms with Crippen molar-refractivity contribution in [2.75, 3.05) is 34.3 Å². The number of carbonyl (C=O) groups is 1. The molecular weight excluding hydrogens is 450 g/mol.